The number of benzene rings is 6. The summed E-state index contributed by atoms with van der Waals surface area (Å²) in [5.41, 5.74) is 13.7. The van der Waals surface area contributed by atoms with Gasteiger partial charge in [-0.3, -0.25) is 14.4 Å². The van der Waals surface area contributed by atoms with Crippen molar-refractivity contribution in [2.24, 2.45) is 0 Å². The average Bonchev–Trinajstić information content (AvgIpc) is 2.06. The van der Waals surface area contributed by atoms with Crippen molar-refractivity contribution in [3.8, 4) is 0 Å². The Hall–Kier alpha value is -6.77. The van der Waals surface area contributed by atoms with E-state index in [1.165, 1.54) is 56.5 Å². The van der Waals surface area contributed by atoms with E-state index in [0.29, 0.717) is 30.2 Å². The van der Waals surface area contributed by atoms with Gasteiger partial charge in [0.05, 0.1) is 0 Å². The lowest BCUT2D eigenvalue weighted by Crippen LogP contribution is -2.31. The normalized spacial score (nSPS) is 10.5. The number of aryl methyl sites for hydroxylation is 6. The largest absolute Gasteiger partial charge is 0.350 e. The van der Waals surface area contributed by atoms with E-state index >= 15 is 0 Å². The van der Waals surface area contributed by atoms with Crippen molar-refractivity contribution < 1.29 is 14.4 Å². The molecule has 3 amide bonds. The molecule has 0 spiro atoms. The zero-order valence-electron chi connectivity index (χ0n) is 62.5. The van der Waals surface area contributed by atoms with Gasteiger partial charge in [0.15, 0.2) is 0 Å². The molecule has 12 nitrogen and oxygen atoms in total. The van der Waals surface area contributed by atoms with Gasteiger partial charge in [-0.2, -0.15) is 0 Å². The molecule has 0 aliphatic carbocycles. The molecule has 6 rings (SSSR count). The topological polar surface area (TPSA) is 159 Å². The van der Waals surface area contributed by atoms with Gasteiger partial charge in [-0.05, 0) is 156 Å². The number of hydrogen-bond acceptors (Lipinski definition) is 9. The zero-order chi connectivity index (χ0) is 70.7. The zero-order valence-corrected chi connectivity index (χ0v) is 62.5. The molecule has 0 unspecified atom stereocenters. The Labute approximate surface area is 568 Å². The molecule has 0 atom stereocenters. The minimum absolute atomic E-state index is 0.00463. The first-order valence-electron chi connectivity index (χ1n) is 34.1. The molecule has 0 aromatic heterocycles. The Morgan fingerprint density at radius 3 is 0.753 bits per heavy atom. The van der Waals surface area contributed by atoms with E-state index < -0.39 is 0 Å². The molecule has 0 radical (unpaired) electrons. The third-order valence-electron chi connectivity index (χ3n) is 12.9. The van der Waals surface area contributed by atoms with Crippen LogP contribution in [0.4, 0.5) is 0 Å². The van der Waals surface area contributed by atoms with Crippen LogP contribution in [0.3, 0.4) is 0 Å². The first-order valence-corrected chi connectivity index (χ1v) is 34.1. The highest BCUT2D eigenvalue weighted by atomic mass is 16.2. The van der Waals surface area contributed by atoms with Gasteiger partial charge in [0, 0.05) is 104 Å². The second kappa shape index (κ2) is 54.6. The van der Waals surface area contributed by atoms with E-state index in [4.69, 9.17) is 0 Å². The Morgan fingerprint density at radius 2 is 0.548 bits per heavy atom. The average molecular weight is 1280 g/mol. The van der Waals surface area contributed by atoms with Crippen molar-refractivity contribution >= 4 is 17.7 Å². The predicted molar refractivity (Wildman–Crippen MR) is 405 cm³/mol. The predicted octanol–water partition coefficient (Wildman–Crippen LogP) is 16.4. The SMILES string of the molecule is C/C=C/CNC(C)C.CCCNCCNC(C)C.Cc1ccc(C(=O)NC(C)C)cc1.Cc1ccc(C(=O)NC(C)C)cc1.Cc1ccc(C(=O)NC(C)C)cc1.Cc1ccc(CNC(C)C)cc1.Cc1ccc(CNC(C)C)cc1.Cc1ccc(CNC(C)C)cc1. The van der Waals surface area contributed by atoms with Gasteiger partial charge in [-0.15, -0.1) is 0 Å². The van der Waals surface area contributed by atoms with Crippen molar-refractivity contribution in [2.75, 3.05) is 26.2 Å². The second-order valence-corrected chi connectivity index (χ2v) is 26.0. The highest BCUT2D eigenvalue weighted by Crippen LogP contribution is 2.08. The molecule has 0 aliphatic heterocycles. The van der Waals surface area contributed by atoms with E-state index in [-0.39, 0.29) is 35.8 Å². The van der Waals surface area contributed by atoms with E-state index in [1.807, 2.05) is 142 Å². The maximum atomic E-state index is 11.5. The van der Waals surface area contributed by atoms with Crippen LogP contribution in [-0.2, 0) is 19.6 Å². The minimum Gasteiger partial charge on any atom is -0.350 e. The summed E-state index contributed by atoms with van der Waals surface area (Å²) >= 11 is 0. The van der Waals surface area contributed by atoms with E-state index in [0.717, 1.165) is 62.5 Å². The van der Waals surface area contributed by atoms with Crippen molar-refractivity contribution in [3.05, 3.63) is 225 Å². The third kappa shape index (κ3) is 54.3. The molecule has 93 heavy (non-hydrogen) atoms. The Morgan fingerprint density at radius 1 is 0.312 bits per heavy atom. The molecule has 0 saturated carbocycles. The molecule has 0 fully saturated rings. The molecular formula is C81H131N9O3. The summed E-state index contributed by atoms with van der Waals surface area (Å²) in [6, 6.07) is 52.1. The summed E-state index contributed by atoms with van der Waals surface area (Å²) in [5.74, 6) is -0.0139. The summed E-state index contributed by atoms with van der Waals surface area (Å²) in [6.07, 6.45) is 5.39. The van der Waals surface area contributed by atoms with Gasteiger partial charge in [0.2, 0.25) is 0 Å². The number of allylic oxidation sites excluding steroid dienone is 1. The fourth-order valence-corrected chi connectivity index (χ4v) is 7.41. The van der Waals surface area contributed by atoms with Crippen LogP contribution in [-0.4, -0.2) is 92.2 Å². The van der Waals surface area contributed by atoms with Gasteiger partial charge >= 0.3 is 0 Å². The molecular weight excluding hydrogens is 1150 g/mol. The number of carbonyl (C=O) groups is 3. The summed E-state index contributed by atoms with van der Waals surface area (Å²) in [5, 5.41) is 28.6. The Bertz CT molecular complexity index is 2510. The quantitative estimate of drug-likeness (QED) is 0.0212. The smallest absolute Gasteiger partial charge is 0.251 e. The van der Waals surface area contributed by atoms with Crippen LogP contribution >= 0.6 is 0 Å². The molecule has 0 saturated heterocycles. The molecule has 6 aromatic carbocycles. The highest BCUT2D eigenvalue weighted by molar-refractivity contribution is 5.95. The molecule has 0 aliphatic rings. The Balaban J connectivity index is 0. The molecule has 12 heteroatoms. The maximum Gasteiger partial charge on any atom is 0.251 e. The number of amides is 3. The van der Waals surface area contributed by atoms with Crippen LogP contribution in [0.2, 0.25) is 0 Å². The van der Waals surface area contributed by atoms with Crippen molar-refractivity contribution in [3.63, 3.8) is 0 Å². The third-order valence-corrected chi connectivity index (χ3v) is 12.9. The van der Waals surface area contributed by atoms with E-state index in [1.54, 1.807) is 0 Å². The molecule has 518 valence electrons. The first kappa shape index (κ1) is 88.3. The minimum atomic E-state index is -0.00463. The van der Waals surface area contributed by atoms with E-state index in [2.05, 4.69) is 230 Å². The second-order valence-electron chi connectivity index (χ2n) is 26.0. The number of hydrogen-bond donors (Lipinski definition) is 9. The van der Waals surface area contributed by atoms with Crippen LogP contribution in [0, 0.1) is 41.5 Å². The molecule has 6 aromatic rings. The standard InChI is InChI=1S/3C11H15NO.3C11H17N.C8H20N2.C7H15N/c3*1-8(2)12-11(13)10-6-4-9(3)5-7-10;3*1-9(2)12-8-11-6-4-10(3)5-7-11;1-4-5-9-6-7-10-8(2)3;1-4-5-6-8-7(2)3/h3*4-8H,1-3H3,(H,12,13);3*4-7,9,12H,8H2,1-3H3;8-10H,4-7H2,1-3H3;4-5,7-8H,6H2,1-3H3/b;;;;;;;5-4+. The number of nitrogens with one attached hydrogen (secondary N) is 9. The highest BCUT2D eigenvalue weighted by Gasteiger charge is 2.08. The lowest BCUT2D eigenvalue weighted by Gasteiger charge is -2.07. The fourth-order valence-electron chi connectivity index (χ4n) is 7.41. The van der Waals surface area contributed by atoms with Gasteiger partial charge in [0.1, 0.15) is 0 Å². The first-order chi connectivity index (χ1) is 43.9. The lowest BCUT2D eigenvalue weighted by molar-refractivity contribution is 0.0934. The summed E-state index contributed by atoms with van der Waals surface area (Å²) in [7, 11) is 0. The summed E-state index contributed by atoms with van der Waals surface area (Å²) in [6.45, 7) is 57.1. The molecule has 0 heterocycles. The van der Waals surface area contributed by atoms with Crippen LogP contribution < -0.4 is 47.9 Å². The Kier molecular flexibility index (Phi) is 51.8. The number of carbonyl (C=O) groups excluding carboxylic acids is 3. The van der Waals surface area contributed by atoms with Gasteiger partial charge in [0.25, 0.3) is 17.7 Å². The maximum absolute atomic E-state index is 11.5. The molecule has 9 N–H and O–H groups in total. The van der Waals surface area contributed by atoms with Gasteiger partial charge in [-0.25, -0.2) is 0 Å². The summed E-state index contributed by atoms with van der Waals surface area (Å²) in [4.78, 5) is 34.4. The number of rotatable bonds is 24. The van der Waals surface area contributed by atoms with Gasteiger partial charge < -0.3 is 47.9 Å². The van der Waals surface area contributed by atoms with Crippen LogP contribution in [0.1, 0.15) is 212 Å². The van der Waals surface area contributed by atoms with Crippen molar-refractivity contribution in [1.82, 2.24) is 47.9 Å². The van der Waals surface area contributed by atoms with Crippen LogP contribution in [0.5, 0.6) is 0 Å². The lowest BCUT2D eigenvalue weighted by atomic mass is 10.1. The van der Waals surface area contributed by atoms with E-state index in [9.17, 15) is 14.4 Å². The summed E-state index contributed by atoms with van der Waals surface area (Å²) < 4.78 is 0. The van der Waals surface area contributed by atoms with Gasteiger partial charge in [-0.1, -0.05) is 231 Å². The van der Waals surface area contributed by atoms with Crippen LogP contribution in [0.15, 0.2) is 158 Å². The monoisotopic (exact) mass is 1280 g/mol. The fraction of sp³-hybridized carbons (Fsp3) is 0.494. The van der Waals surface area contributed by atoms with Crippen molar-refractivity contribution in [2.45, 2.75) is 241 Å². The van der Waals surface area contributed by atoms with Crippen LogP contribution in [0.25, 0.3) is 0 Å². The van der Waals surface area contributed by atoms with Crippen molar-refractivity contribution in [1.29, 1.82) is 0 Å². The molecule has 0 bridgehead atoms.